The maximum atomic E-state index is 13.4. The molecule has 0 aliphatic rings. The molecule has 110 valence electrons. The summed E-state index contributed by atoms with van der Waals surface area (Å²) >= 11 is 0. The van der Waals surface area contributed by atoms with Crippen molar-refractivity contribution in [2.24, 2.45) is 0 Å². The van der Waals surface area contributed by atoms with Crippen molar-refractivity contribution >= 4 is 5.78 Å². The van der Waals surface area contributed by atoms with E-state index in [4.69, 9.17) is 0 Å². The van der Waals surface area contributed by atoms with Crippen LogP contribution in [0.4, 0.5) is 26.3 Å². The molecule has 2 aromatic rings. The first-order chi connectivity index (χ1) is 9.70. The molecule has 21 heavy (non-hydrogen) atoms. The quantitative estimate of drug-likeness (QED) is 0.595. The molecule has 0 bridgehead atoms. The molecule has 0 atom stereocenters. The van der Waals surface area contributed by atoms with Crippen LogP contribution >= 0.6 is 0 Å². The maximum Gasteiger partial charge on any atom is 0.419 e. The zero-order chi connectivity index (χ0) is 15.8. The summed E-state index contributed by atoms with van der Waals surface area (Å²) in [6.07, 6.45) is -5.00. The molecule has 0 heterocycles. The van der Waals surface area contributed by atoms with Crippen LogP contribution in [-0.4, -0.2) is 5.78 Å². The number of carbonyl (C=O) groups is 1. The van der Waals surface area contributed by atoms with E-state index in [2.05, 4.69) is 0 Å². The van der Waals surface area contributed by atoms with E-state index >= 15 is 0 Å². The number of alkyl halides is 3. The number of benzene rings is 2. The van der Waals surface area contributed by atoms with Crippen molar-refractivity contribution in [3.8, 4) is 0 Å². The summed E-state index contributed by atoms with van der Waals surface area (Å²) in [5.74, 6) is -4.73. The second kappa shape index (κ2) is 5.23. The van der Waals surface area contributed by atoms with Gasteiger partial charge in [-0.3, -0.25) is 4.79 Å². The Balaban J connectivity index is 2.52. The van der Waals surface area contributed by atoms with Crippen molar-refractivity contribution < 1.29 is 31.1 Å². The minimum Gasteiger partial charge on any atom is -0.288 e. The number of halogens is 6. The molecule has 0 spiro atoms. The van der Waals surface area contributed by atoms with Crippen LogP contribution in [0.2, 0.25) is 0 Å². The lowest BCUT2D eigenvalue weighted by atomic mass is 10.0. The van der Waals surface area contributed by atoms with E-state index in [9.17, 15) is 31.1 Å². The largest absolute Gasteiger partial charge is 0.419 e. The van der Waals surface area contributed by atoms with E-state index in [-0.39, 0.29) is 6.07 Å². The molecule has 0 aliphatic carbocycles. The molecule has 0 amide bonds. The second-order valence-corrected chi connectivity index (χ2v) is 4.15. The molecular weight excluding hydrogens is 298 g/mol. The van der Waals surface area contributed by atoms with Crippen molar-refractivity contribution in [1.82, 2.24) is 0 Å². The van der Waals surface area contributed by atoms with Gasteiger partial charge in [0.1, 0.15) is 17.5 Å². The Morgan fingerprint density at radius 3 is 2.10 bits per heavy atom. The average molecular weight is 304 g/mol. The zero-order valence-electron chi connectivity index (χ0n) is 10.1. The summed E-state index contributed by atoms with van der Waals surface area (Å²) in [4.78, 5) is 11.9. The van der Waals surface area contributed by atoms with Crippen molar-refractivity contribution in [2.45, 2.75) is 6.18 Å². The SMILES string of the molecule is O=C(c1ccc(F)c(C(F)(F)F)c1)c1cc(F)ccc1F. The van der Waals surface area contributed by atoms with E-state index in [0.29, 0.717) is 18.2 Å². The highest BCUT2D eigenvalue weighted by molar-refractivity contribution is 6.09. The third kappa shape index (κ3) is 3.07. The predicted molar refractivity (Wildman–Crippen MR) is 61.2 cm³/mol. The first kappa shape index (κ1) is 15.1. The molecule has 7 heteroatoms. The molecule has 0 fully saturated rings. The molecule has 0 N–H and O–H groups in total. The highest BCUT2D eigenvalue weighted by Crippen LogP contribution is 2.32. The van der Waals surface area contributed by atoms with Gasteiger partial charge in [0.05, 0.1) is 11.1 Å². The third-order valence-electron chi connectivity index (χ3n) is 2.71. The molecule has 2 aromatic carbocycles. The van der Waals surface area contributed by atoms with Crippen LogP contribution in [0.25, 0.3) is 0 Å². The van der Waals surface area contributed by atoms with Crippen LogP contribution in [0.1, 0.15) is 21.5 Å². The molecule has 0 unspecified atom stereocenters. The van der Waals surface area contributed by atoms with E-state index in [1.54, 1.807) is 0 Å². The van der Waals surface area contributed by atoms with Gasteiger partial charge in [0, 0.05) is 5.56 Å². The summed E-state index contributed by atoms with van der Waals surface area (Å²) in [5, 5.41) is 0. The predicted octanol–water partition coefficient (Wildman–Crippen LogP) is 4.35. The smallest absolute Gasteiger partial charge is 0.288 e. The molecule has 1 nitrogen and oxygen atoms in total. The van der Waals surface area contributed by atoms with Crippen LogP contribution < -0.4 is 0 Å². The molecule has 0 saturated carbocycles. The van der Waals surface area contributed by atoms with Crippen molar-refractivity contribution in [1.29, 1.82) is 0 Å². The molecule has 0 saturated heterocycles. The normalized spacial score (nSPS) is 11.5. The van der Waals surface area contributed by atoms with E-state index < -0.39 is 46.1 Å². The fourth-order valence-electron chi connectivity index (χ4n) is 1.71. The minimum atomic E-state index is -5.00. The first-order valence-corrected chi connectivity index (χ1v) is 5.56. The highest BCUT2D eigenvalue weighted by atomic mass is 19.4. The lowest BCUT2D eigenvalue weighted by Gasteiger charge is -2.10. The van der Waals surface area contributed by atoms with Crippen LogP contribution in [0, 0.1) is 17.5 Å². The molecule has 0 aromatic heterocycles. The Labute approximate surface area is 114 Å². The fourth-order valence-corrected chi connectivity index (χ4v) is 1.71. The van der Waals surface area contributed by atoms with Gasteiger partial charge in [-0.05, 0) is 36.4 Å². The van der Waals surface area contributed by atoms with Crippen LogP contribution in [0.15, 0.2) is 36.4 Å². The number of hydrogen-bond acceptors (Lipinski definition) is 1. The highest BCUT2D eigenvalue weighted by Gasteiger charge is 2.34. The third-order valence-corrected chi connectivity index (χ3v) is 2.71. The first-order valence-electron chi connectivity index (χ1n) is 5.56. The van der Waals surface area contributed by atoms with Crippen LogP contribution in [-0.2, 0) is 6.18 Å². The molecule has 0 aliphatic heterocycles. The Hall–Kier alpha value is -2.31. The van der Waals surface area contributed by atoms with Gasteiger partial charge >= 0.3 is 6.18 Å². The van der Waals surface area contributed by atoms with Gasteiger partial charge in [0.25, 0.3) is 0 Å². The summed E-state index contributed by atoms with van der Waals surface area (Å²) in [6, 6.07) is 3.50. The minimum absolute atomic E-state index is 0.266. The Morgan fingerprint density at radius 2 is 1.48 bits per heavy atom. The molecule has 0 radical (unpaired) electrons. The van der Waals surface area contributed by atoms with Gasteiger partial charge in [-0.2, -0.15) is 13.2 Å². The van der Waals surface area contributed by atoms with Gasteiger partial charge in [0.15, 0.2) is 5.78 Å². The lowest BCUT2D eigenvalue weighted by Crippen LogP contribution is -2.11. The lowest BCUT2D eigenvalue weighted by molar-refractivity contribution is -0.140. The fraction of sp³-hybridized carbons (Fsp3) is 0.0714. The van der Waals surface area contributed by atoms with Gasteiger partial charge < -0.3 is 0 Å². The summed E-state index contributed by atoms with van der Waals surface area (Å²) in [5.41, 5.74) is -2.96. The number of carbonyl (C=O) groups excluding carboxylic acids is 1. The second-order valence-electron chi connectivity index (χ2n) is 4.15. The monoisotopic (exact) mass is 304 g/mol. The van der Waals surface area contributed by atoms with Gasteiger partial charge in [-0.25, -0.2) is 13.2 Å². The van der Waals surface area contributed by atoms with E-state index in [1.165, 1.54) is 0 Å². The number of hydrogen-bond donors (Lipinski definition) is 0. The van der Waals surface area contributed by atoms with Gasteiger partial charge in [-0.1, -0.05) is 0 Å². The molecular formula is C14H6F6O. The van der Waals surface area contributed by atoms with Crippen LogP contribution in [0.5, 0.6) is 0 Å². The van der Waals surface area contributed by atoms with Crippen molar-refractivity contribution in [2.75, 3.05) is 0 Å². The van der Waals surface area contributed by atoms with E-state index in [1.807, 2.05) is 0 Å². The topological polar surface area (TPSA) is 17.1 Å². The number of rotatable bonds is 2. The molecule has 2 rings (SSSR count). The standard InChI is InChI=1S/C14H6F6O/c15-8-2-4-11(16)9(6-8)13(21)7-1-3-12(17)10(5-7)14(18,19)20/h1-6H. The van der Waals surface area contributed by atoms with Gasteiger partial charge in [0.2, 0.25) is 0 Å². The van der Waals surface area contributed by atoms with Crippen LogP contribution in [0.3, 0.4) is 0 Å². The van der Waals surface area contributed by atoms with Crippen molar-refractivity contribution in [3.05, 3.63) is 70.5 Å². The van der Waals surface area contributed by atoms with Crippen molar-refractivity contribution in [3.63, 3.8) is 0 Å². The Bertz CT molecular complexity index is 705. The van der Waals surface area contributed by atoms with Gasteiger partial charge in [-0.15, -0.1) is 0 Å². The summed E-state index contributed by atoms with van der Waals surface area (Å²) in [7, 11) is 0. The Kier molecular flexibility index (Phi) is 3.76. The average Bonchev–Trinajstić information content (AvgIpc) is 2.40. The number of ketones is 1. The Morgan fingerprint density at radius 1 is 0.857 bits per heavy atom. The summed E-state index contributed by atoms with van der Waals surface area (Å²) < 4.78 is 77.2. The van der Waals surface area contributed by atoms with E-state index in [0.717, 1.165) is 12.1 Å². The maximum absolute atomic E-state index is 13.4. The zero-order valence-corrected chi connectivity index (χ0v) is 10.1. The summed E-state index contributed by atoms with van der Waals surface area (Å²) in [6.45, 7) is 0.